The standard InChI is InChI=1S/C19H14F2O/c1-12-2-4-13(5-3-12)14-6-8-15(9-7-14)16-10-17(20)19(22)18(21)11-16/h2-11,22H,1H3. The van der Waals surface area contributed by atoms with E-state index in [0.717, 1.165) is 23.3 Å². The molecular formula is C19H14F2O. The van der Waals surface area contributed by atoms with Crippen LogP contribution >= 0.6 is 0 Å². The molecule has 0 aromatic heterocycles. The number of hydrogen-bond acceptors (Lipinski definition) is 1. The van der Waals surface area contributed by atoms with E-state index >= 15 is 0 Å². The quantitative estimate of drug-likeness (QED) is 0.679. The van der Waals surface area contributed by atoms with Crippen LogP contribution < -0.4 is 0 Å². The molecule has 3 aromatic rings. The van der Waals surface area contributed by atoms with Crippen LogP contribution in [0, 0.1) is 18.6 Å². The first-order chi connectivity index (χ1) is 10.5. The second-order valence-electron chi connectivity index (χ2n) is 5.23. The summed E-state index contributed by atoms with van der Waals surface area (Å²) < 4.78 is 26.8. The molecule has 0 atom stereocenters. The van der Waals surface area contributed by atoms with E-state index in [0.29, 0.717) is 11.1 Å². The molecule has 3 aromatic carbocycles. The Hall–Kier alpha value is -2.68. The van der Waals surface area contributed by atoms with Crippen LogP contribution in [-0.2, 0) is 0 Å². The molecule has 0 saturated carbocycles. The Balaban J connectivity index is 1.96. The fourth-order valence-electron chi connectivity index (χ4n) is 2.33. The van der Waals surface area contributed by atoms with Crippen LogP contribution in [0.2, 0.25) is 0 Å². The molecule has 0 unspecified atom stereocenters. The average molecular weight is 296 g/mol. The second kappa shape index (κ2) is 5.60. The van der Waals surface area contributed by atoms with Gasteiger partial charge in [0.25, 0.3) is 0 Å². The monoisotopic (exact) mass is 296 g/mol. The van der Waals surface area contributed by atoms with Gasteiger partial charge >= 0.3 is 0 Å². The maximum Gasteiger partial charge on any atom is 0.187 e. The van der Waals surface area contributed by atoms with Crippen LogP contribution in [-0.4, -0.2) is 5.11 Å². The van der Waals surface area contributed by atoms with Gasteiger partial charge in [-0.3, -0.25) is 0 Å². The van der Waals surface area contributed by atoms with Crippen molar-refractivity contribution in [2.75, 3.05) is 0 Å². The first-order valence-corrected chi connectivity index (χ1v) is 6.90. The van der Waals surface area contributed by atoms with Gasteiger partial charge in [-0.05, 0) is 41.3 Å². The van der Waals surface area contributed by atoms with Crippen molar-refractivity contribution in [2.45, 2.75) is 6.92 Å². The van der Waals surface area contributed by atoms with E-state index in [1.165, 1.54) is 5.56 Å². The molecule has 3 rings (SSSR count). The summed E-state index contributed by atoms with van der Waals surface area (Å²) in [6, 6.07) is 17.8. The number of halogens is 2. The highest BCUT2D eigenvalue weighted by Gasteiger charge is 2.10. The number of hydrogen-bond donors (Lipinski definition) is 1. The van der Waals surface area contributed by atoms with Crippen LogP contribution in [0.5, 0.6) is 5.75 Å². The highest BCUT2D eigenvalue weighted by atomic mass is 19.1. The van der Waals surface area contributed by atoms with Crippen LogP contribution in [0.25, 0.3) is 22.3 Å². The Morgan fingerprint density at radius 1 is 0.636 bits per heavy atom. The van der Waals surface area contributed by atoms with Gasteiger partial charge in [0.2, 0.25) is 0 Å². The Labute approximate surface area is 127 Å². The molecular weight excluding hydrogens is 282 g/mol. The zero-order valence-electron chi connectivity index (χ0n) is 12.0. The molecule has 22 heavy (non-hydrogen) atoms. The topological polar surface area (TPSA) is 20.2 Å². The van der Waals surface area contributed by atoms with E-state index in [4.69, 9.17) is 5.11 Å². The zero-order chi connectivity index (χ0) is 15.7. The van der Waals surface area contributed by atoms with Gasteiger partial charge in [0.15, 0.2) is 17.4 Å². The summed E-state index contributed by atoms with van der Waals surface area (Å²) >= 11 is 0. The molecule has 0 aliphatic heterocycles. The van der Waals surface area contributed by atoms with E-state index in [1.807, 2.05) is 43.3 Å². The smallest absolute Gasteiger partial charge is 0.187 e. The van der Waals surface area contributed by atoms with E-state index in [1.54, 1.807) is 12.1 Å². The van der Waals surface area contributed by atoms with Crippen molar-refractivity contribution in [3.63, 3.8) is 0 Å². The lowest BCUT2D eigenvalue weighted by atomic mass is 9.99. The maximum absolute atomic E-state index is 13.4. The number of aromatic hydroxyl groups is 1. The Kier molecular flexibility index (Phi) is 3.63. The summed E-state index contributed by atoms with van der Waals surface area (Å²) in [4.78, 5) is 0. The first-order valence-electron chi connectivity index (χ1n) is 6.90. The van der Waals surface area contributed by atoms with Crippen molar-refractivity contribution >= 4 is 0 Å². The summed E-state index contributed by atoms with van der Waals surface area (Å²) in [6.07, 6.45) is 0. The normalized spacial score (nSPS) is 10.7. The predicted molar refractivity (Wildman–Crippen MR) is 83.6 cm³/mol. The van der Waals surface area contributed by atoms with Gasteiger partial charge in [0.05, 0.1) is 0 Å². The molecule has 0 radical (unpaired) electrons. The molecule has 0 amide bonds. The minimum atomic E-state index is -0.961. The highest BCUT2D eigenvalue weighted by molar-refractivity contribution is 5.71. The average Bonchev–Trinajstić information content (AvgIpc) is 2.53. The van der Waals surface area contributed by atoms with E-state index in [2.05, 4.69) is 0 Å². The lowest BCUT2D eigenvalue weighted by Crippen LogP contribution is -1.87. The Morgan fingerprint density at radius 2 is 1.00 bits per heavy atom. The number of rotatable bonds is 2. The Bertz CT molecular complexity index is 783. The second-order valence-corrected chi connectivity index (χ2v) is 5.23. The van der Waals surface area contributed by atoms with E-state index in [-0.39, 0.29) is 0 Å². The molecule has 0 aliphatic carbocycles. The van der Waals surface area contributed by atoms with Gasteiger partial charge in [-0.25, -0.2) is 8.78 Å². The molecule has 0 spiro atoms. The highest BCUT2D eigenvalue weighted by Crippen LogP contribution is 2.29. The fourth-order valence-corrected chi connectivity index (χ4v) is 2.33. The number of phenols is 1. The molecule has 0 fully saturated rings. The van der Waals surface area contributed by atoms with E-state index in [9.17, 15) is 8.78 Å². The van der Waals surface area contributed by atoms with Crippen LogP contribution in [0.15, 0.2) is 60.7 Å². The predicted octanol–water partition coefficient (Wildman–Crippen LogP) is 5.31. The van der Waals surface area contributed by atoms with Gasteiger partial charge < -0.3 is 5.11 Å². The van der Waals surface area contributed by atoms with Crippen molar-refractivity contribution in [1.82, 2.24) is 0 Å². The summed E-state index contributed by atoms with van der Waals surface area (Å²) in [5.74, 6) is -2.87. The molecule has 1 N–H and O–H groups in total. The molecule has 0 heterocycles. The van der Waals surface area contributed by atoms with Gasteiger partial charge in [-0.15, -0.1) is 0 Å². The van der Waals surface area contributed by atoms with E-state index < -0.39 is 17.4 Å². The zero-order valence-corrected chi connectivity index (χ0v) is 12.0. The summed E-state index contributed by atoms with van der Waals surface area (Å²) in [6.45, 7) is 2.03. The SMILES string of the molecule is Cc1ccc(-c2ccc(-c3cc(F)c(O)c(F)c3)cc2)cc1. The summed E-state index contributed by atoms with van der Waals surface area (Å²) in [5.41, 5.74) is 4.39. The van der Waals surface area contributed by atoms with Crippen molar-refractivity contribution in [2.24, 2.45) is 0 Å². The molecule has 0 bridgehead atoms. The number of benzene rings is 3. The van der Waals surface area contributed by atoms with Crippen LogP contribution in [0.1, 0.15) is 5.56 Å². The van der Waals surface area contributed by atoms with Crippen molar-refractivity contribution in [3.8, 4) is 28.0 Å². The van der Waals surface area contributed by atoms with Crippen LogP contribution in [0.4, 0.5) is 8.78 Å². The fraction of sp³-hybridized carbons (Fsp3) is 0.0526. The van der Waals surface area contributed by atoms with Crippen molar-refractivity contribution in [1.29, 1.82) is 0 Å². The lowest BCUT2D eigenvalue weighted by Gasteiger charge is -2.07. The minimum absolute atomic E-state index is 0.392. The Morgan fingerprint density at radius 3 is 1.45 bits per heavy atom. The lowest BCUT2D eigenvalue weighted by molar-refractivity contribution is 0.396. The third-order valence-electron chi connectivity index (χ3n) is 3.62. The molecule has 3 heteroatoms. The molecule has 0 aliphatic rings. The largest absolute Gasteiger partial charge is 0.503 e. The number of phenolic OH excluding ortho intramolecular Hbond substituents is 1. The maximum atomic E-state index is 13.4. The molecule has 0 saturated heterocycles. The third kappa shape index (κ3) is 2.70. The van der Waals surface area contributed by atoms with Crippen molar-refractivity contribution < 1.29 is 13.9 Å². The number of aryl methyl sites for hydroxylation is 1. The minimum Gasteiger partial charge on any atom is -0.503 e. The van der Waals surface area contributed by atoms with Gasteiger partial charge in [0.1, 0.15) is 0 Å². The first kappa shape index (κ1) is 14.3. The molecule has 110 valence electrons. The van der Waals surface area contributed by atoms with Crippen molar-refractivity contribution in [3.05, 3.63) is 77.9 Å². The van der Waals surface area contributed by atoms with Crippen LogP contribution in [0.3, 0.4) is 0 Å². The van der Waals surface area contributed by atoms with Gasteiger partial charge in [0, 0.05) is 0 Å². The molecule has 1 nitrogen and oxygen atoms in total. The summed E-state index contributed by atoms with van der Waals surface area (Å²) in [5, 5.41) is 9.14. The van der Waals surface area contributed by atoms with Gasteiger partial charge in [-0.1, -0.05) is 54.1 Å². The summed E-state index contributed by atoms with van der Waals surface area (Å²) in [7, 11) is 0. The third-order valence-corrected chi connectivity index (χ3v) is 3.62. The van der Waals surface area contributed by atoms with Gasteiger partial charge in [-0.2, -0.15) is 0 Å².